The van der Waals surface area contributed by atoms with Gasteiger partial charge in [-0.3, -0.25) is 0 Å². The second kappa shape index (κ2) is 6.36. The zero-order valence-electron chi connectivity index (χ0n) is 13.8. The van der Waals surface area contributed by atoms with Crippen LogP contribution < -0.4 is 5.32 Å². The van der Waals surface area contributed by atoms with Crippen molar-refractivity contribution in [3.8, 4) is 11.4 Å². The summed E-state index contributed by atoms with van der Waals surface area (Å²) in [7, 11) is 1.97. The van der Waals surface area contributed by atoms with Gasteiger partial charge in [0.15, 0.2) is 5.65 Å². The second-order valence-corrected chi connectivity index (χ2v) is 5.90. The van der Waals surface area contributed by atoms with E-state index < -0.39 is 0 Å². The fourth-order valence-electron chi connectivity index (χ4n) is 2.83. The Morgan fingerprint density at radius 3 is 2.48 bits per heavy atom. The summed E-state index contributed by atoms with van der Waals surface area (Å²) < 4.78 is 14.9. The lowest BCUT2D eigenvalue weighted by Gasteiger charge is -2.08. The monoisotopic (exact) mass is 332 g/mol. The van der Waals surface area contributed by atoms with Gasteiger partial charge in [-0.25, -0.2) is 14.4 Å². The van der Waals surface area contributed by atoms with Crippen molar-refractivity contribution in [2.45, 2.75) is 6.54 Å². The van der Waals surface area contributed by atoms with Crippen LogP contribution >= 0.6 is 0 Å². The highest BCUT2D eigenvalue weighted by Gasteiger charge is 2.10. The molecule has 0 aliphatic heterocycles. The number of rotatable bonds is 4. The van der Waals surface area contributed by atoms with Crippen LogP contribution in [0.25, 0.3) is 22.6 Å². The first kappa shape index (κ1) is 15.3. The molecule has 1 N–H and O–H groups in total. The first-order valence-electron chi connectivity index (χ1n) is 8.07. The molecular formula is C20H17FN4. The second-order valence-electron chi connectivity index (χ2n) is 5.90. The third-order valence-electron chi connectivity index (χ3n) is 4.18. The lowest BCUT2D eigenvalue weighted by Crippen LogP contribution is -1.99. The summed E-state index contributed by atoms with van der Waals surface area (Å²) in [6, 6.07) is 18.5. The Balaban J connectivity index is 1.53. The molecule has 2 aromatic carbocycles. The van der Waals surface area contributed by atoms with E-state index in [1.807, 2.05) is 48.0 Å². The normalized spacial score (nSPS) is 11.0. The maximum absolute atomic E-state index is 12.9. The number of pyridine rings is 1. The van der Waals surface area contributed by atoms with Crippen LogP contribution in [0.15, 0.2) is 66.9 Å². The highest BCUT2D eigenvalue weighted by atomic mass is 19.1. The van der Waals surface area contributed by atoms with Crippen molar-refractivity contribution in [3.63, 3.8) is 0 Å². The van der Waals surface area contributed by atoms with E-state index in [4.69, 9.17) is 0 Å². The van der Waals surface area contributed by atoms with E-state index in [-0.39, 0.29) is 5.82 Å². The molecule has 0 bridgehead atoms. The Morgan fingerprint density at radius 2 is 1.76 bits per heavy atom. The summed E-state index contributed by atoms with van der Waals surface area (Å²) >= 11 is 0. The number of aromatic nitrogens is 3. The van der Waals surface area contributed by atoms with Crippen molar-refractivity contribution in [1.82, 2.24) is 14.5 Å². The molecule has 0 aliphatic rings. The van der Waals surface area contributed by atoms with Gasteiger partial charge in [-0.15, -0.1) is 0 Å². The molecule has 5 heteroatoms. The number of hydrogen-bond donors (Lipinski definition) is 1. The summed E-state index contributed by atoms with van der Waals surface area (Å²) in [4.78, 5) is 9.03. The van der Waals surface area contributed by atoms with Crippen LogP contribution in [0.2, 0.25) is 0 Å². The number of nitrogens with one attached hydrogen (secondary N) is 1. The zero-order valence-corrected chi connectivity index (χ0v) is 13.8. The van der Waals surface area contributed by atoms with Crippen molar-refractivity contribution in [1.29, 1.82) is 0 Å². The van der Waals surface area contributed by atoms with Crippen molar-refractivity contribution < 1.29 is 4.39 Å². The Kier molecular flexibility index (Phi) is 3.90. The van der Waals surface area contributed by atoms with Crippen LogP contribution in [0.4, 0.5) is 10.1 Å². The maximum Gasteiger partial charge on any atom is 0.159 e. The van der Waals surface area contributed by atoms with Gasteiger partial charge in [0.2, 0.25) is 0 Å². The highest BCUT2D eigenvalue weighted by Crippen LogP contribution is 2.24. The minimum atomic E-state index is -0.218. The van der Waals surface area contributed by atoms with Gasteiger partial charge in [0.1, 0.15) is 17.2 Å². The lowest BCUT2D eigenvalue weighted by atomic mass is 10.2. The van der Waals surface area contributed by atoms with E-state index in [0.29, 0.717) is 6.54 Å². The zero-order chi connectivity index (χ0) is 17.2. The molecule has 0 amide bonds. The Bertz CT molecular complexity index is 1000. The van der Waals surface area contributed by atoms with Gasteiger partial charge in [-0.05, 0) is 54.1 Å². The third-order valence-corrected chi connectivity index (χ3v) is 4.18. The molecule has 0 radical (unpaired) electrons. The van der Waals surface area contributed by atoms with Crippen molar-refractivity contribution in [3.05, 3.63) is 78.2 Å². The number of hydrogen-bond acceptors (Lipinski definition) is 3. The lowest BCUT2D eigenvalue weighted by molar-refractivity contribution is 0.627. The van der Waals surface area contributed by atoms with Gasteiger partial charge in [-0.1, -0.05) is 12.1 Å². The van der Waals surface area contributed by atoms with Gasteiger partial charge in [0.05, 0.1) is 0 Å². The summed E-state index contributed by atoms with van der Waals surface area (Å²) in [5.74, 6) is 0.670. The standard InChI is InChI=1S/C20H17FN4/c1-25-19(24-18-3-2-12-22-20(18)25)15-6-10-17(11-7-15)23-13-14-4-8-16(21)9-5-14/h2-12,23H,13H2,1H3. The average molecular weight is 332 g/mol. The van der Waals surface area contributed by atoms with E-state index in [0.717, 1.165) is 33.8 Å². The van der Waals surface area contributed by atoms with E-state index >= 15 is 0 Å². The van der Waals surface area contributed by atoms with Gasteiger partial charge < -0.3 is 9.88 Å². The fourth-order valence-corrected chi connectivity index (χ4v) is 2.83. The van der Waals surface area contributed by atoms with E-state index in [1.165, 1.54) is 12.1 Å². The summed E-state index contributed by atoms with van der Waals surface area (Å²) in [5.41, 5.74) is 4.83. The van der Waals surface area contributed by atoms with Gasteiger partial charge in [0, 0.05) is 31.0 Å². The molecule has 4 nitrogen and oxygen atoms in total. The Labute approximate surface area is 145 Å². The predicted octanol–water partition coefficient (Wildman–Crippen LogP) is 4.39. The van der Waals surface area contributed by atoms with Crippen molar-refractivity contribution in [2.75, 3.05) is 5.32 Å². The number of anilines is 1. The molecule has 2 heterocycles. The molecule has 4 aromatic rings. The topological polar surface area (TPSA) is 42.7 Å². The maximum atomic E-state index is 12.9. The molecule has 124 valence electrons. The first-order valence-corrected chi connectivity index (χ1v) is 8.07. The Morgan fingerprint density at radius 1 is 1.00 bits per heavy atom. The van der Waals surface area contributed by atoms with Crippen LogP contribution in [-0.2, 0) is 13.6 Å². The molecule has 4 rings (SSSR count). The minimum Gasteiger partial charge on any atom is -0.381 e. The number of halogens is 1. The van der Waals surface area contributed by atoms with Crippen LogP contribution in [0.1, 0.15) is 5.56 Å². The van der Waals surface area contributed by atoms with Crippen LogP contribution in [0, 0.1) is 5.82 Å². The largest absolute Gasteiger partial charge is 0.381 e. The number of aryl methyl sites for hydroxylation is 1. The van der Waals surface area contributed by atoms with Crippen LogP contribution in [-0.4, -0.2) is 14.5 Å². The van der Waals surface area contributed by atoms with E-state index in [1.54, 1.807) is 18.3 Å². The molecular weight excluding hydrogens is 315 g/mol. The first-order chi connectivity index (χ1) is 12.2. The predicted molar refractivity (Wildman–Crippen MR) is 97.7 cm³/mol. The smallest absolute Gasteiger partial charge is 0.159 e. The molecule has 0 aliphatic carbocycles. The molecule has 2 aromatic heterocycles. The molecule has 25 heavy (non-hydrogen) atoms. The molecule has 0 saturated heterocycles. The van der Waals surface area contributed by atoms with E-state index in [2.05, 4.69) is 15.3 Å². The SMILES string of the molecule is Cn1c(-c2ccc(NCc3ccc(F)cc3)cc2)nc2cccnc21. The summed E-state index contributed by atoms with van der Waals surface area (Å²) in [6.07, 6.45) is 1.77. The molecule has 0 saturated carbocycles. The number of fused-ring (bicyclic) bond motifs is 1. The minimum absolute atomic E-state index is 0.218. The summed E-state index contributed by atoms with van der Waals surface area (Å²) in [6.45, 7) is 0.649. The average Bonchev–Trinajstić information content (AvgIpc) is 2.99. The molecule has 0 unspecified atom stereocenters. The molecule has 0 spiro atoms. The molecule has 0 atom stereocenters. The van der Waals surface area contributed by atoms with E-state index in [9.17, 15) is 4.39 Å². The number of imidazole rings is 1. The van der Waals surface area contributed by atoms with Crippen LogP contribution in [0.3, 0.4) is 0 Å². The van der Waals surface area contributed by atoms with Crippen molar-refractivity contribution >= 4 is 16.9 Å². The Hall–Kier alpha value is -3.21. The number of nitrogens with zero attached hydrogens (tertiary/aromatic N) is 3. The van der Waals surface area contributed by atoms with Gasteiger partial charge >= 0.3 is 0 Å². The van der Waals surface area contributed by atoms with Gasteiger partial charge in [0.25, 0.3) is 0 Å². The molecule has 0 fully saturated rings. The fraction of sp³-hybridized carbons (Fsp3) is 0.100. The number of benzene rings is 2. The highest BCUT2D eigenvalue weighted by molar-refractivity contribution is 5.77. The quantitative estimate of drug-likeness (QED) is 0.603. The van der Waals surface area contributed by atoms with Crippen molar-refractivity contribution in [2.24, 2.45) is 7.05 Å². The third kappa shape index (κ3) is 3.08. The summed E-state index contributed by atoms with van der Waals surface area (Å²) in [5, 5.41) is 3.34. The van der Waals surface area contributed by atoms with Crippen LogP contribution in [0.5, 0.6) is 0 Å². The van der Waals surface area contributed by atoms with Gasteiger partial charge in [-0.2, -0.15) is 0 Å².